The van der Waals surface area contributed by atoms with Crippen molar-refractivity contribution in [3.63, 3.8) is 0 Å². The number of aryl methyl sites for hydroxylation is 1. The van der Waals surface area contributed by atoms with Crippen LogP contribution in [0.15, 0.2) is 6.20 Å². The second-order valence-electron chi connectivity index (χ2n) is 4.48. The van der Waals surface area contributed by atoms with Gasteiger partial charge in [0.1, 0.15) is 0 Å². The zero-order valence-corrected chi connectivity index (χ0v) is 8.41. The highest BCUT2D eigenvalue weighted by molar-refractivity contribution is 5.03. The molecule has 1 aliphatic carbocycles. The Kier molecular flexibility index (Phi) is 1.87. The van der Waals surface area contributed by atoms with Crippen LogP contribution in [0, 0.1) is 5.41 Å². The molecule has 4 nitrogen and oxygen atoms in total. The maximum atomic E-state index is 3.88. The monoisotopic (exact) mass is 180 g/mol. The highest BCUT2D eigenvalue weighted by Gasteiger charge is 2.45. The Morgan fingerprint density at radius 3 is 2.85 bits per heavy atom. The highest BCUT2D eigenvalue weighted by Crippen LogP contribution is 2.44. The fourth-order valence-corrected chi connectivity index (χ4v) is 1.51. The smallest absolute Gasteiger partial charge is 0.0738 e. The van der Waals surface area contributed by atoms with Gasteiger partial charge in [-0.3, -0.25) is 4.68 Å². The molecule has 1 fully saturated rings. The van der Waals surface area contributed by atoms with Gasteiger partial charge in [-0.05, 0) is 11.8 Å². The number of aromatic nitrogens is 3. The predicted molar refractivity (Wildman–Crippen MR) is 50.0 cm³/mol. The third kappa shape index (κ3) is 1.72. The fourth-order valence-electron chi connectivity index (χ4n) is 1.51. The van der Waals surface area contributed by atoms with Gasteiger partial charge in [-0.1, -0.05) is 19.1 Å². The Labute approximate surface area is 78.3 Å². The summed E-state index contributed by atoms with van der Waals surface area (Å²) in [4.78, 5) is 0. The summed E-state index contributed by atoms with van der Waals surface area (Å²) in [5.74, 6) is 0. The van der Waals surface area contributed by atoms with Crippen LogP contribution < -0.4 is 5.32 Å². The van der Waals surface area contributed by atoms with Crippen LogP contribution in [0.1, 0.15) is 26.0 Å². The summed E-state index contributed by atoms with van der Waals surface area (Å²) in [6.45, 7) is 5.44. The van der Waals surface area contributed by atoms with E-state index in [1.807, 2.05) is 17.9 Å². The first-order valence-corrected chi connectivity index (χ1v) is 4.66. The lowest BCUT2D eigenvalue weighted by Gasteiger charge is -2.05. The molecule has 1 aliphatic rings. The largest absolute Gasteiger partial charge is 0.308 e. The van der Waals surface area contributed by atoms with Gasteiger partial charge < -0.3 is 5.32 Å². The van der Waals surface area contributed by atoms with E-state index in [4.69, 9.17) is 0 Å². The van der Waals surface area contributed by atoms with Crippen LogP contribution in [0.5, 0.6) is 0 Å². The lowest BCUT2D eigenvalue weighted by Crippen LogP contribution is -2.21. The molecule has 0 aromatic carbocycles. The number of rotatable bonds is 3. The summed E-state index contributed by atoms with van der Waals surface area (Å²) in [6, 6.07) is 0.669. The van der Waals surface area contributed by atoms with Crippen LogP contribution in [0.25, 0.3) is 0 Å². The van der Waals surface area contributed by atoms with Crippen molar-refractivity contribution in [3.8, 4) is 0 Å². The molecule has 0 spiro atoms. The molecular weight excluding hydrogens is 164 g/mol. The average Bonchev–Trinajstić information content (AvgIpc) is 2.47. The van der Waals surface area contributed by atoms with Crippen molar-refractivity contribution >= 4 is 0 Å². The van der Waals surface area contributed by atoms with Crippen LogP contribution in [-0.2, 0) is 13.6 Å². The zero-order chi connectivity index (χ0) is 9.47. The first-order chi connectivity index (χ1) is 6.09. The van der Waals surface area contributed by atoms with Crippen molar-refractivity contribution in [2.24, 2.45) is 12.5 Å². The lowest BCUT2D eigenvalue weighted by molar-refractivity contribution is 0.528. The quantitative estimate of drug-likeness (QED) is 0.744. The van der Waals surface area contributed by atoms with Crippen molar-refractivity contribution < 1.29 is 0 Å². The SMILES string of the molecule is Cn1nncc1CNC1CC1(C)C. The molecule has 1 saturated carbocycles. The van der Waals surface area contributed by atoms with Gasteiger partial charge in [0.05, 0.1) is 11.9 Å². The van der Waals surface area contributed by atoms with Crippen LogP contribution >= 0.6 is 0 Å². The van der Waals surface area contributed by atoms with E-state index in [-0.39, 0.29) is 0 Å². The van der Waals surface area contributed by atoms with Gasteiger partial charge in [-0.15, -0.1) is 5.10 Å². The average molecular weight is 180 g/mol. The van der Waals surface area contributed by atoms with E-state index >= 15 is 0 Å². The molecule has 2 rings (SSSR count). The maximum Gasteiger partial charge on any atom is 0.0738 e. The summed E-state index contributed by atoms with van der Waals surface area (Å²) in [6.07, 6.45) is 3.08. The summed E-state index contributed by atoms with van der Waals surface area (Å²) in [5.41, 5.74) is 1.63. The minimum absolute atomic E-state index is 0.492. The Morgan fingerprint density at radius 2 is 2.38 bits per heavy atom. The number of hydrogen-bond acceptors (Lipinski definition) is 3. The molecule has 0 aliphatic heterocycles. The Morgan fingerprint density at radius 1 is 1.69 bits per heavy atom. The van der Waals surface area contributed by atoms with E-state index in [1.165, 1.54) is 6.42 Å². The first kappa shape index (κ1) is 8.69. The van der Waals surface area contributed by atoms with Crippen LogP contribution in [0.2, 0.25) is 0 Å². The van der Waals surface area contributed by atoms with Crippen LogP contribution in [0.4, 0.5) is 0 Å². The van der Waals surface area contributed by atoms with Gasteiger partial charge >= 0.3 is 0 Å². The second-order valence-corrected chi connectivity index (χ2v) is 4.48. The molecule has 72 valence electrons. The van der Waals surface area contributed by atoms with E-state index in [1.54, 1.807) is 0 Å². The van der Waals surface area contributed by atoms with Gasteiger partial charge in [0.25, 0.3) is 0 Å². The maximum absolute atomic E-state index is 3.88. The highest BCUT2D eigenvalue weighted by atomic mass is 15.4. The van der Waals surface area contributed by atoms with Crippen molar-refractivity contribution in [2.75, 3.05) is 0 Å². The Bertz CT molecular complexity index is 302. The van der Waals surface area contributed by atoms with E-state index < -0.39 is 0 Å². The molecule has 0 saturated heterocycles. The molecule has 1 aromatic heterocycles. The minimum Gasteiger partial charge on any atom is -0.308 e. The standard InChI is InChI=1S/C9H16N4/c1-9(2)4-8(9)10-5-7-6-11-12-13(7)3/h6,8,10H,4-5H2,1-3H3. The first-order valence-electron chi connectivity index (χ1n) is 4.66. The van der Waals surface area contributed by atoms with Gasteiger partial charge in [0, 0.05) is 19.6 Å². The molecule has 0 radical (unpaired) electrons. The van der Waals surface area contributed by atoms with Gasteiger partial charge in [0.2, 0.25) is 0 Å². The molecular formula is C9H16N4. The third-order valence-electron chi connectivity index (χ3n) is 2.85. The van der Waals surface area contributed by atoms with E-state index in [2.05, 4.69) is 29.5 Å². The molecule has 1 atom stereocenters. The molecule has 1 unspecified atom stereocenters. The lowest BCUT2D eigenvalue weighted by atomic mass is 10.2. The van der Waals surface area contributed by atoms with Gasteiger partial charge in [-0.25, -0.2) is 0 Å². The molecule has 0 amide bonds. The zero-order valence-electron chi connectivity index (χ0n) is 8.41. The van der Waals surface area contributed by atoms with Gasteiger partial charge in [0.15, 0.2) is 0 Å². The van der Waals surface area contributed by atoms with E-state index in [0.29, 0.717) is 11.5 Å². The summed E-state index contributed by atoms with van der Waals surface area (Å²) >= 11 is 0. The predicted octanol–water partition coefficient (Wildman–Crippen LogP) is 0.703. The van der Waals surface area contributed by atoms with Crippen molar-refractivity contribution in [1.29, 1.82) is 0 Å². The summed E-state index contributed by atoms with van der Waals surface area (Å²) in [5, 5.41) is 11.2. The van der Waals surface area contributed by atoms with Gasteiger partial charge in [-0.2, -0.15) is 0 Å². The van der Waals surface area contributed by atoms with E-state index in [0.717, 1.165) is 12.2 Å². The Hall–Kier alpha value is -0.900. The van der Waals surface area contributed by atoms with Crippen LogP contribution in [0.3, 0.4) is 0 Å². The number of nitrogens with one attached hydrogen (secondary N) is 1. The molecule has 13 heavy (non-hydrogen) atoms. The minimum atomic E-state index is 0.492. The van der Waals surface area contributed by atoms with Crippen LogP contribution in [-0.4, -0.2) is 21.0 Å². The molecule has 4 heteroatoms. The molecule has 1 N–H and O–H groups in total. The number of hydrogen-bond donors (Lipinski definition) is 1. The molecule has 0 bridgehead atoms. The van der Waals surface area contributed by atoms with E-state index in [9.17, 15) is 0 Å². The number of nitrogens with zero attached hydrogens (tertiary/aromatic N) is 3. The molecule has 1 aromatic rings. The molecule has 1 heterocycles. The summed E-state index contributed by atoms with van der Waals surface area (Å²) < 4.78 is 1.81. The topological polar surface area (TPSA) is 42.7 Å². The van der Waals surface area contributed by atoms with Crippen molar-refractivity contribution in [3.05, 3.63) is 11.9 Å². The Balaban J connectivity index is 1.85. The van der Waals surface area contributed by atoms with Crippen molar-refractivity contribution in [2.45, 2.75) is 32.9 Å². The fraction of sp³-hybridized carbons (Fsp3) is 0.778. The third-order valence-corrected chi connectivity index (χ3v) is 2.85. The normalized spacial score (nSPS) is 24.7. The van der Waals surface area contributed by atoms with Crippen molar-refractivity contribution in [1.82, 2.24) is 20.3 Å². The summed E-state index contributed by atoms with van der Waals surface area (Å²) in [7, 11) is 1.92. The second kappa shape index (κ2) is 2.80.